The quantitative estimate of drug-likeness (QED) is 0.274. The standard InChI is InChI=1S/C25H26N6O4/c1-2-3-17(12-14-4-9-19-18(13-14)22(27)31-25(28)30-19)15-5-7-16(8-6-15)23(33)29-20(24(34)35)10-11-21(26)32/h1,4-9,13,17,20H,3,10-12H2,(H2,26,32)(H,29,33)(H,34,35)(H4,27,28,30,31)/t17?,20-/m0/s1. The molecule has 0 fully saturated rings. The second-order valence-electron chi connectivity index (χ2n) is 8.12. The highest BCUT2D eigenvalue weighted by molar-refractivity contribution is 5.96. The summed E-state index contributed by atoms with van der Waals surface area (Å²) in [6.45, 7) is 0. The van der Waals surface area contributed by atoms with Gasteiger partial charge in [-0.15, -0.1) is 12.3 Å². The van der Waals surface area contributed by atoms with Crippen LogP contribution in [-0.4, -0.2) is 38.9 Å². The first-order chi connectivity index (χ1) is 16.7. The van der Waals surface area contributed by atoms with Crippen molar-refractivity contribution in [1.82, 2.24) is 15.3 Å². The van der Waals surface area contributed by atoms with Crippen molar-refractivity contribution < 1.29 is 19.5 Å². The Bertz CT molecular complexity index is 1300. The largest absolute Gasteiger partial charge is 0.480 e. The van der Waals surface area contributed by atoms with Crippen molar-refractivity contribution in [2.45, 2.75) is 37.6 Å². The fourth-order valence-corrected chi connectivity index (χ4v) is 3.77. The van der Waals surface area contributed by atoms with E-state index in [0.29, 0.717) is 29.6 Å². The van der Waals surface area contributed by atoms with E-state index in [1.54, 1.807) is 24.3 Å². The smallest absolute Gasteiger partial charge is 0.326 e. The SMILES string of the molecule is C#CCC(Cc1ccc2nc(N)nc(N)c2c1)c1ccc(C(=O)N[C@@H](CCC(N)=O)C(=O)O)cc1. The predicted octanol–water partition coefficient (Wildman–Crippen LogP) is 1.59. The number of carboxylic acid groups (broad SMARTS) is 1. The van der Waals surface area contributed by atoms with Crippen LogP contribution < -0.4 is 22.5 Å². The highest BCUT2D eigenvalue weighted by Crippen LogP contribution is 2.27. The number of amides is 2. The Morgan fingerprint density at radius 2 is 1.80 bits per heavy atom. The number of anilines is 2. The maximum Gasteiger partial charge on any atom is 0.326 e. The lowest BCUT2D eigenvalue weighted by Gasteiger charge is -2.17. The van der Waals surface area contributed by atoms with Crippen molar-refractivity contribution in [2.75, 3.05) is 11.5 Å². The van der Waals surface area contributed by atoms with E-state index in [0.717, 1.165) is 11.1 Å². The molecule has 8 N–H and O–H groups in total. The highest BCUT2D eigenvalue weighted by Gasteiger charge is 2.21. The minimum Gasteiger partial charge on any atom is -0.480 e. The van der Waals surface area contributed by atoms with Gasteiger partial charge in [0.25, 0.3) is 5.91 Å². The Labute approximate surface area is 201 Å². The molecule has 0 aliphatic carbocycles. The van der Waals surface area contributed by atoms with Crippen LogP contribution in [-0.2, 0) is 16.0 Å². The molecule has 2 aromatic carbocycles. The van der Waals surface area contributed by atoms with E-state index in [1.165, 1.54) is 0 Å². The third-order valence-electron chi connectivity index (χ3n) is 5.58. The molecule has 0 aliphatic heterocycles. The first kappa shape index (κ1) is 25.0. The Morgan fingerprint density at radius 3 is 2.43 bits per heavy atom. The topological polar surface area (TPSA) is 187 Å². The molecule has 0 bridgehead atoms. The van der Waals surface area contributed by atoms with Crippen molar-refractivity contribution in [3.8, 4) is 12.3 Å². The summed E-state index contributed by atoms with van der Waals surface area (Å²) in [5.74, 6) is 0.626. The molecule has 1 aromatic heterocycles. The number of carboxylic acids is 1. The van der Waals surface area contributed by atoms with Gasteiger partial charge in [0.2, 0.25) is 11.9 Å². The van der Waals surface area contributed by atoms with Crippen LogP contribution in [0.15, 0.2) is 42.5 Å². The molecule has 0 saturated carbocycles. The number of fused-ring (bicyclic) bond motifs is 1. The van der Waals surface area contributed by atoms with Crippen LogP contribution in [0.4, 0.5) is 11.8 Å². The zero-order valence-corrected chi connectivity index (χ0v) is 18.9. The van der Waals surface area contributed by atoms with Gasteiger partial charge in [0.1, 0.15) is 11.9 Å². The first-order valence-corrected chi connectivity index (χ1v) is 10.8. The molecule has 10 heteroatoms. The third-order valence-corrected chi connectivity index (χ3v) is 5.58. The number of nitrogens with two attached hydrogens (primary N) is 3. The molecule has 3 rings (SSSR count). The van der Waals surface area contributed by atoms with Gasteiger partial charge in [-0.2, -0.15) is 4.98 Å². The summed E-state index contributed by atoms with van der Waals surface area (Å²) in [5.41, 5.74) is 19.6. The lowest BCUT2D eigenvalue weighted by atomic mass is 9.88. The maximum atomic E-state index is 12.5. The van der Waals surface area contributed by atoms with E-state index < -0.39 is 23.8 Å². The maximum absolute atomic E-state index is 12.5. The molecule has 10 nitrogen and oxygen atoms in total. The number of hydrogen-bond acceptors (Lipinski definition) is 7. The van der Waals surface area contributed by atoms with Gasteiger partial charge in [0.05, 0.1) is 5.52 Å². The lowest BCUT2D eigenvalue weighted by molar-refractivity contribution is -0.139. The van der Waals surface area contributed by atoms with E-state index >= 15 is 0 Å². The number of primary amides is 1. The Morgan fingerprint density at radius 1 is 1.09 bits per heavy atom. The molecule has 180 valence electrons. The molecule has 1 heterocycles. The van der Waals surface area contributed by atoms with Crippen molar-refractivity contribution in [3.05, 3.63) is 59.2 Å². The summed E-state index contributed by atoms with van der Waals surface area (Å²) < 4.78 is 0. The summed E-state index contributed by atoms with van der Waals surface area (Å²) in [4.78, 5) is 43.0. The van der Waals surface area contributed by atoms with Crippen LogP contribution >= 0.6 is 0 Å². The van der Waals surface area contributed by atoms with E-state index in [-0.39, 0.29) is 30.3 Å². The van der Waals surface area contributed by atoms with Gasteiger partial charge in [0.15, 0.2) is 0 Å². The van der Waals surface area contributed by atoms with E-state index in [9.17, 15) is 19.5 Å². The summed E-state index contributed by atoms with van der Waals surface area (Å²) in [5, 5.41) is 12.4. The molecule has 0 radical (unpaired) electrons. The van der Waals surface area contributed by atoms with Crippen LogP contribution in [0.2, 0.25) is 0 Å². The van der Waals surface area contributed by atoms with Gasteiger partial charge in [0, 0.05) is 23.8 Å². The summed E-state index contributed by atoms with van der Waals surface area (Å²) in [7, 11) is 0. The number of aromatic nitrogens is 2. The zero-order valence-electron chi connectivity index (χ0n) is 18.9. The minimum absolute atomic E-state index is 0.0344. The van der Waals surface area contributed by atoms with Crippen molar-refractivity contribution in [2.24, 2.45) is 5.73 Å². The van der Waals surface area contributed by atoms with Crippen molar-refractivity contribution >= 4 is 40.5 Å². The third kappa shape index (κ3) is 6.45. The van der Waals surface area contributed by atoms with E-state index in [2.05, 4.69) is 21.2 Å². The number of hydrogen-bond donors (Lipinski definition) is 5. The predicted molar refractivity (Wildman–Crippen MR) is 132 cm³/mol. The van der Waals surface area contributed by atoms with Crippen molar-refractivity contribution in [1.29, 1.82) is 0 Å². The average Bonchev–Trinajstić information content (AvgIpc) is 2.81. The molecule has 2 amide bonds. The molecule has 0 spiro atoms. The number of nitrogens with one attached hydrogen (secondary N) is 1. The lowest BCUT2D eigenvalue weighted by Crippen LogP contribution is -2.41. The number of rotatable bonds is 10. The molecule has 0 saturated heterocycles. The van der Waals surface area contributed by atoms with Gasteiger partial charge in [-0.1, -0.05) is 18.2 Å². The molecule has 2 atom stereocenters. The van der Waals surface area contributed by atoms with Crippen LogP contribution in [0.1, 0.15) is 46.7 Å². The van der Waals surface area contributed by atoms with Crippen LogP contribution in [0, 0.1) is 12.3 Å². The van der Waals surface area contributed by atoms with Crippen LogP contribution in [0.25, 0.3) is 10.9 Å². The van der Waals surface area contributed by atoms with Gasteiger partial charge in [-0.3, -0.25) is 9.59 Å². The Balaban J connectivity index is 1.76. The minimum atomic E-state index is -1.24. The molecule has 35 heavy (non-hydrogen) atoms. The monoisotopic (exact) mass is 474 g/mol. The number of carbonyl (C=O) groups is 3. The van der Waals surface area contributed by atoms with Gasteiger partial charge in [-0.05, 0) is 54.2 Å². The number of carbonyl (C=O) groups excluding carboxylic acids is 2. The number of nitrogen functional groups attached to an aromatic ring is 2. The normalized spacial score (nSPS) is 12.4. The average molecular weight is 475 g/mol. The fraction of sp³-hybridized carbons (Fsp3) is 0.240. The Kier molecular flexibility index (Phi) is 7.84. The van der Waals surface area contributed by atoms with Crippen LogP contribution in [0.5, 0.6) is 0 Å². The number of terminal acetylenes is 1. The fourth-order valence-electron chi connectivity index (χ4n) is 3.77. The number of benzene rings is 2. The number of aliphatic carboxylic acids is 1. The highest BCUT2D eigenvalue weighted by atomic mass is 16.4. The summed E-state index contributed by atoms with van der Waals surface area (Å²) in [6, 6.07) is 11.2. The van der Waals surface area contributed by atoms with Gasteiger partial charge in [-0.25, -0.2) is 9.78 Å². The number of nitrogens with zero attached hydrogens (tertiary/aromatic N) is 2. The molecular formula is C25H26N6O4. The second kappa shape index (κ2) is 11.0. The summed E-state index contributed by atoms with van der Waals surface area (Å²) >= 11 is 0. The van der Waals surface area contributed by atoms with E-state index in [4.69, 9.17) is 23.6 Å². The Hall–Kier alpha value is -4.65. The molecule has 1 unspecified atom stereocenters. The zero-order chi connectivity index (χ0) is 25.5. The van der Waals surface area contributed by atoms with Crippen molar-refractivity contribution in [3.63, 3.8) is 0 Å². The van der Waals surface area contributed by atoms with Gasteiger partial charge >= 0.3 is 5.97 Å². The second-order valence-corrected chi connectivity index (χ2v) is 8.12. The summed E-state index contributed by atoms with van der Waals surface area (Å²) in [6.07, 6.45) is 6.45. The molecule has 3 aromatic rings. The molecule has 0 aliphatic rings. The molecular weight excluding hydrogens is 448 g/mol. The van der Waals surface area contributed by atoms with Gasteiger partial charge < -0.3 is 27.6 Å². The van der Waals surface area contributed by atoms with E-state index in [1.807, 2.05) is 18.2 Å². The van der Waals surface area contributed by atoms with Crippen LogP contribution in [0.3, 0.4) is 0 Å². The first-order valence-electron chi connectivity index (χ1n) is 10.8.